The van der Waals surface area contributed by atoms with Gasteiger partial charge in [0.25, 0.3) is 0 Å². The number of benzene rings is 1. The van der Waals surface area contributed by atoms with Gasteiger partial charge in [0.1, 0.15) is 6.61 Å². The Hall–Kier alpha value is -1.06. The standard InChI is InChI=1S/C11H13ClO3/c12-7-10(13)6-11(14)15-8-9-4-2-1-3-5-9/h1-5,10,13H,6-8H2/t10-/m1/s1. The molecule has 0 unspecified atom stereocenters. The molecule has 1 aromatic rings. The molecule has 0 fully saturated rings. The van der Waals surface area contributed by atoms with E-state index in [9.17, 15) is 4.79 Å². The monoisotopic (exact) mass is 228 g/mol. The summed E-state index contributed by atoms with van der Waals surface area (Å²) in [5.41, 5.74) is 0.922. The Balaban J connectivity index is 2.29. The number of halogens is 1. The lowest BCUT2D eigenvalue weighted by atomic mass is 10.2. The molecule has 1 atom stereocenters. The van der Waals surface area contributed by atoms with Crippen LogP contribution in [0.2, 0.25) is 0 Å². The van der Waals surface area contributed by atoms with Crippen molar-refractivity contribution in [3.8, 4) is 0 Å². The first-order valence-electron chi connectivity index (χ1n) is 4.66. The normalized spacial score (nSPS) is 12.1. The lowest BCUT2D eigenvalue weighted by Crippen LogP contribution is -2.16. The summed E-state index contributed by atoms with van der Waals surface area (Å²) < 4.78 is 4.94. The van der Waals surface area contributed by atoms with E-state index in [2.05, 4.69) is 0 Å². The number of carbonyl (C=O) groups is 1. The van der Waals surface area contributed by atoms with E-state index >= 15 is 0 Å². The van der Waals surface area contributed by atoms with Crippen LogP contribution in [-0.4, -0.2) is 23.1 Å². The van der Waals surface area contributed by atoms with Crippen LogP contribution in [0.25, 0.3) is 0 Å². The number of aliphatic hydroxyl groups excluding tert-OH is 1. The highest BCUT2D eigenvalue weighted by Gasteiger charge is 2.10. The highest BCUT2D eigenvalue weighted by molar-refractivity contribution is 6.18. The Morgan fingerprint density at radius 3 is 2.67 bits per heavy atom. The molecule has 4 heteroatoms. The Kier molecular flexibility index (Phi) is 5.15. The molecule has 15 heavy (non-hydrogen) atoms. The highest BCUT2D eigenvalue weighted by atomic mass is 35.5. The topological polar surface area (TPSA) is 46.5 Å². The van der Waals surface area contributed by atoms with Gasteiger partial charge < -0.3 is 9.84 Å². The van der Waals surface area contributed by atoms with Gasteiger partial charge in [-0.1, -0.05) is 30.3 Å². The van der Waals surface area contributed by atoms with E-state index in [0.717, 1.165) is 5.56 Å². The largest absolute Gasteiger partial charge is 0.461 e. The zero-order valence-electron chi connectivity index (χ0n) is 8.23. The van der Waals surface area contributed by atoms with Crippen LogP contribution < -0.4 is 0 Å². The number of aliphatic hydroxyl groups is 1. The van der Waals surface area contributed by atoms with Gasteiger partial charge in [0.15, 0.2) is 0 Å². The molecule has 0 aliphatic carbocycles. The smallest absolute Gasteiger partial charge is 0.308 e. The molecule has 1 rings (SSSR count). The quantitative estimate of drug-likeness (QED) is 0.617. The Bertz CT molecular complexity index is 300. The van der Waals surface area contributed by atoms with Crippen molar-refractivity contribution in [3.05, 3.63) is 35.9 Å². The zero-order chi connectivity index (χ0) is 11.1. The van der Waals surface area contributed by atoms with Gasteiger partial charge in [-0.3, -0.25) is 4.79 Å². The third-order valence-electron chi connectivity index (χ3n) is 1.82. The predicted molar refractivity (Wildman–Crippen MR) is 57.6 cm³/mol. The Labute approximate surface area is 93.6 Å². The number of hydrogen-bond donors (Lipinski definition) is 1. The van der Waals surface area contributed by atoms with E-state index in [0.29, 0.717) is 0 Å². The third-order valence-corrected chi connectivity index (χ3v) is 2.18. The van der Waals surface area contributed by atoms with Crippen molar-refractivity contribution in [2.45, 2.75) is 19.1 Å². The highest BCUT2D eigenvalue weighted by Crippen LogP contribution is 2.03. The summed E-state index contributed by atoms with van der Waals surface area (Å²) in [4.78, 5) is 11.1. The minimum absolute atomic E-state index is 0.0421. The van der Waals surface area contributed by atoms with Crippen LogP contribution in [0.5, 0.6) is 0 Å². The number of carbonyl (C=O) groups excluding carboxylic acids is 1. The molecule has 1 N–H and O–H groups in total. The minimum atomic E-state index is -0.824. The maximum atomic E-state index is 11.1. The molecule has 0 spiro atoms. The number of esters is 1. The fourth-order valence-corrected chi connectivity index (χ4v) is 1.15. The lowest BCUT2D eigenvalue weighted by molar-refractivity contribution is -0.146. The van der Waals surface area contributed by atoms with Gasteiger partial charge in [0.05, 0.1) is 12.5 Å². The van der Waals surface area contributed by atoms with E-state index in [1.165, 1.54) is 0 Å². The van der Waals surface area contributed by atoms with Gasteiger partial charge in [-0.05, 0) is 5.56 Å². The fourth-order valence-electron chi connectivity index (χ4n) is 1.04. The van der Waals surface area contributed by atoms with Crippen LogP contribution in [-0.2, 0) is 16.1 Å². The van der Waals surface area contributed by atoms with Gasteiger partial charge >= 0.3 is 5.97 Å². The van der Waals surface area contributed by atoms with E-state index in [-0.39, 0.29) is 18.9 Å². The van der Waals surface area contributed by atoms with E-state index < -0.39 is 12.1 Å². The zero-order valence-corrected chi connectivity index (χ0v) is 8.98. The molecule has 82 valence electrons. The van der Waals surface area contributed by atoms with E-state index in [4.69, 9.17) is 21.4 Å². The van der Waals surface area contributed by atoms with Crippen LogP contribution in [0.4, 0.5) is 0 Å². The third kappa shape index (κ3) is 4.81. The second-order valence-corrected chi connectivity index (χ2v) is 3.47. The second-order valence-electron chi connectivity index (χ2n) is 3.16. The number of rotatable bonds is 5. The van der Waals surface area contributed by atoms with Gasteiger partial charge in [-0.25, -0.2) is 0 Å². The van der Waals surface area contributed by atoms with E-state index in [1.54, 1.807) is 0 Å². The summed E-state index contributed by atoms with van der Waals surface area (Å²) in [6, 6.07) is 9.37. The fraction of sp³-hybridized carbons (Fsp3) is 0.364. The predicted octanol–water partition coefficient (Wildman–Crippen LogP) is 1.72. The van der Waals surface area contributed by atoms with Crippen LogP contribution >= 0.6 is 11.6 Å². The average molecular weight is 229 g/mol. The van der Waals surface area contributed by atoms with Crippen molar-refractivity contribution in [2.75, 3.05) is 5.88 Å². The summed E-state index contributed by atoms with van der Waals surface area (Å²) >= 11 is 5.36. The molecule has 0 aliphatic heterocycles. The maximum absolute atomic E-state index is 11.1. The van der Waals surface area contributed by atoms with Crippen molar-refractivity contribution in [1.29, 1.82) is 0 Å². The maximum Gasteiger partial charge on any atom is 0.308 e. The van der Waals surface area contributed by atoms with Gasteiger partial charge in [0.2, 0.25) is 0 Å². The van der Waals surface area contributed by atoms with Gasteiger partial charge in [0, 0.05) is 5.88 Å². The van der Waals surface area contributed by atoms with Gasteiger partial charge in [-0.2, -0.15) is 0 Å². The van der Waals surface area contributed by atoms with Crippen molar-refractivity contribution >= 4 is 17.6 Å². The van der Waals surface area contributed by atoms with E-state index in [1.807, 2.05) is 30.3 Å². The summed E-state index contributed by atoms with van der Waals surface area (Å²) in [7, 11) is 0. The SMILES string of the molecule is O=C(C[C@@H](O)CCl)OCc1ccccc1. The summed E-state index contributed by atoms with van der Waals surface area (Å²) in [5.74, 6) is -0.396. The van der Waals surface area contributed by atoms with Crippen LogP contribution in [0.3, 0.4) is 0 Å². The molecule has 3 nitrogen and oxygen atoms in total. The lowest BCUT2D eigenvalue weighted by Gasteiger charge is -2.07. The average Bonchev–Trinajstić information content (AvgIpc) is 2.27. The molecule has 0 saturated heterocycles. The first kappa shape index (κ1) is 12.0. The molecule has 0 aliphatic rings. The molecule has 0 aromatic heterocycles. The summed E-state index contributed by atoms with van der Waals surface area (Å²) in [5, 5.41) is 9.09. The van der Waals surface area contributed by atoms with Gasteiger partial charge in [-0.15, -0.1) is 11.6 Å². The van der Waals surface area contributed by atoms with Crippen LogP contribution in [0.1, 0.15) is 12.0 Å². The second kappa shape index (κ2) is 6.43. The Morgan fingerprint density at radius 1 is 1.40 bits per heavy atom. The van der Waals surface area contributed by atoms with Crippen LogP contribution in [0, 0.1) is 0 Å². The summed E-state index contributed by atoms with van der Waals surface area (Å²) in [6.45, 7) is 0.231. The molecule has 0 heterocycles. The molecular formula is C11H13ClO3. The van der Waals surface area contributed by atoms with Crippen molar-refractivity contribution in [1.82, 2.24) is 0 Å². The van der Waals surface area contributed by atoms with Crippen molar-refractivity contribution in [2.24, 2.45) is 0 Å². The molecule has 0 amide bonds. The molecular weight excluding hydrogens is 216 g/mol. The first-order chi connectivity index (χ1) is 7.22. The summed E-state index contributed by atoms with van der Waals surface area (Å²) in [6.07, 6.45) is -0.883. The number of hydrogen-bond acceptors (Lipinski definition) is 3. The molecule has 1 aromatic carbocycles. The first-order valence-corrected chi connectivity index (χ1v) is 5.19. The Morgan fingerprint density at radius 2 is 2.07 bits per heavy atom. The van der Waals surface area contributed by atoms with Crippen molar-refractivity contribution in [3.63, 3.8) is 0 Å². The molecule has 0 bridgehead atoms. The van der Waals surface area contributed by atoms with Crippen LogP contribution in [0.15, 0.2) is 30.3 Å². The van der Waals surface area contributed by atoms with Crippen molar-refractivity contribution < 1.29 is 14.6 Å². The number of alkyl halides is 1. The molecule has 0 saturated carbocycles. The minimum Gasteiger partial charge on any atom is -0.461 e. The number of ether oxygens (including phenoxy) is 1. The molecule has 0 radical (unpaired) electrons.